The molecule has 0 aliphatic heterocycles. The van der Waals surface area contributed by atoms with E-state index in [0.29, 0.717) is 5.82 Å². The number of rotatable bonds is 2. The molecule has 0 saturated carbocycles. The van der Waals surface area contributed by atoms with Gasteiger partial charge in [0.25, 0.3) is 0 Å². The molecule has 0 amide bonds. The number of aromatic nitrogens is 1. The first-order chi connectivity index (χ1) is 6.01. The molecule has 1 heterocycles. The molecule has 72 valence electrons. The van der Waals surface area contributed by atoms with Crippen molar-refractivity contribution in [1.82, 2.24) is 4.98 Å². The Labute approximate surface area is 78.5 Å². The molecule has 0 radical (unpaired) electrons. The highest BCUT2D eigenvalue weighted by Gasteiger charge is 2.08. The van der Waals surface area contributed by atoms with E-state index in [9.17, 15) is 0 Å². The van der Waals surface area contributed by atoms with E-state index in [-0.39, 0.29) is 5.54 Å². The second kappa shape index (κ2) is 3.62. The summed E-state index contributed by atoms with van der Waals surface area (Å²) in [5.41, 5.74) is 3.53. The summed E-state index contributed by atoms with van der Waals surface area (Å²) in [6.45, 7) is 6.30. The highest BCUT2D eigenvalue weighted by atomic mass is 15.2. The third-order valence-electron chi connectivity index (χ3n) is 1.43. The minimum atomic E-state index is 0.0549. The van der Waals surface area contributed by atoms with Crippen molar-refractivity contribution < 1.29 is 0 Å². The lowest BCUT2D eigenvalue weighted by Gasteiger charge is -2.21. The molecule has 1 aromatic rings. The number of hydrogen-bond acceptors (Lipinski definition) is 4. The van der Waals surface area contributed by atoms with E-state index in [1.54, 1.807) is 6.20 Å². The van der Waals surface area contributed by atoms with Crippen molar-refractivity contribution in [2.24, 2.45) is 5.84 Å². The van der Waals surface area contributed by atoms with Crippen LogP contribution in [0, 0.1) is 0 Å². The van der Waals surface area contributed by atoms with Gasteiger partial charge in [0.15, 0.2) is 0 Å². The maximum atomic E-state index is 5.19. The summed E-state index contributed by atoms with van der Waals surface area (Å²) >= 11 is 0. The molecular weight excluding hydrogens is 164 g/mol. The summed E-state index contributed by atoms with van der Waals surface area (Å²) in [7, 11) is 0. The predicted molar refractivity (Wildman–Crippen MR) is 55.4 cm³/mol. The standard InChI is InChI=1S/C9H16N4/c1-9(2,3)12-7-4-5-8(13-10)11-6-7/h4-6,12H,10H2,1-3H3,(H,11,13). The van der Waals surface area contributed by atoms with Crippen molar-refractivity contribution in [3.8, 4) is 0 Å². The van der Waals surface area contributed by atoms with Crippen LogP contribution in [0.25, 0.3) is 0 Å². The topological polar surface area (TPSA) is 63.0 Å². The molecule has 0 aliphatic carbocycles. The molecule has 13 heavy (non-hydrogen) atoms. The van der Waals surface area contributed by atoms with E-state index in [1.807, 2.05) is 12.1 Å². The van der Waals surface area contributed by atoms with Crippen LogP contribution in [0.2, 0.25) is 0 Å². The van der Waals surface area contributed by atoms with E-state index in [4.69, 9.17) is 5.84 Å². The van der Waals surface area contributed by atoms with E-state index >= 15 is 0 Å². The maximum absolute atomic E-state index is 5.19. The summed E-state index contributed by atoms with van der Waals surface area (Å²) in [6.07, 6.45) is 1.75. The zero-order valence-corrected chi connectivity index (χ0v) is 8.26. The molecular formula is C9H16N4. The Morgan fingerprint density at radius 1 is 1.31 bits per heavy atom. The van der Waals surface area contributed by atoms with Gasteiger partial charge in [-0.2, -0.15) is 0 Å². The second-order valence-electron chi connectivity index (χ2n) is 3.95. The molecule has 0 spiro atoms. The predicted octanol–water partition coefficient (Wildman–Crippen LogP) is 1.58. The molecule has 0 bridgehead atoms. The van der Waals surface area contributed by atoms with Crippen LogP contribution in [0.1, 0.15) is 20.8 Å². The Bertz CT molecular complexity index is 260. The molecule has 1 rings (SSSR count). The van der Waals surface area contributed by atoms with Crippen molar-refractivity contribution in [1.29, 1.82) is 0 Å². The molecule has 0 saturated heterocycles. The first-order valence-corrected chi connectivity index (χ1v) is 4.22. The number of nitrogens with one attached hydrogen (secondary N) is 2. The van der Waals surface area contributed by atoms with Gasteiger partial charge >= 0.3 is 0 Å². The van der Waals surface area contributed by atoms with Gasteiger partial charge in [-0.25, -0.2) is 10.8 Å². The van der Waals surface area contributed by atoms with Crippen LogP contribution in [0.4, 0.5) is 11.5 Å². The highest BCUT2D eigenvalue weighted by Crippen LogP contribution is 2.14. The van der Waals surface area contributed by atoms with Crippen LogP contribution in [0.15, 0.2) is 18.3 Å². The summed E-state index contributed by atoms with van der Waals surface area (Å²) < 4.78 is 0. The van der Waals surface area contributed by atoms with Gasteiger partial charge in [0.2, 0.25) is 0 Å². The number of anilines is 2. The SMILES string of the molecule is CC(C)(C)Nc1ccc(NN)nc1. The van der Waals surface area contributed by atoms with Gasteiger partial charge < -0.3 is 10.7 Å². The minimum Gasteiger partial charge on any atom is -0.379 e. The molecule has 4 N–H and O–H groups in total. The van der Waals surface area contributed by atoms with Crippen LogP contribution in [-0.2, 0) is 0 Å². The van der Waals surface area contributed by atoms with Gasteiger partial charge in [-0.15, -0.1) is 0 Å². The lowest BCUT2D eigenvalue weighted by Crippen LogP contribution is -2.26. The van der Waals surface area contributed by atoms with Gasteiger partial charge in [-0.3, -0.25) is 0 Å². The molecule has 0 aliphatic rings. The summed E-state index contributed by atoms with van der Waals surface area (Å²) in [4.78, 5) is 4.08. The molecule has 1 aromatic heterocycles. The summed E-state index contributed by atoms with van der Waals surface area (Å²) in [6, 6.07) is 3.77. The summed E-state index contributed by atoms with van der Waals surface area (Å²) in [5.74, 6) is 5.86. The number of hydrogen-bond donors (Lipinski definition) is 3. The van der Waals surface area contributed by atoms with Crippen molar-refractivity contribution >= 4 is 11.5 Å². The fourth-order valence-corrected chi connectivity index (χ4v) is 0.986. The Morgan fingerprint density at radius 3 is 2.38 bits per heavy atom. The van der Waals surface area contributed by atoms with Gasteiger partial charge in [0.05, 0.1) is 11.9 Å². The van der Waals surface area contributed by atoms with Crippen LogP contribution in [0.5, 0.6) is 0 Å². The third kappa shape index (κ3) is 3.29. The Morgan fingerprint density at radius 2 is 2.00 bits per heavy atom. The van der Waals surface area contributed by atoms with E-state index in [2.05, 4.69) is 36.5 Å². The number of nitrogens with zero attached hydrogens (tertiary/aromatic N) is 1. The smallest absolute Gasteiger partial charge is 0.140 e. The maximum Gasteiger partial charge on any atom is 0.140 e. The minimum absolute atomic E-state index is 0.0549. The Kier molecular flexibility index (Phi) is 2.72. The van der Waals surface area contributed by atoms with Gasteiger partial charge in [0, 0.05) is 5.54 Å². The molecule has 4 nitrogen and oxygen atoms in total. The van der Waals surface area contributed by atoms with Gasteiger partial charge in [0.1, 0.15) is 5.82 Å². The van der Waals surface area contributed by atoms with Crippen molar-refractivity contribution in [3.63, 3.8) is 0 Å². The van der Waals surface area contributed by atoms with E-state index < -0.39 is 0 Å². The second-order valence-corrected chi connectivity index (χ2v) is 3.95. The molecule has 0 aromatic carbocycles. The average molecular weight is 180 g/mol. The quantitative estimate of drug-likeness (QED) is 0.477. The van der Waals surface area contributed by atoms with Crippen molar-refractivity contribution in [2.75, 3.05) is 10.7 Å². The van der Waals surface area contributed by atoms with Gasteiger partial charge in [-0.1, -0.05) is 0 Å². The average Bonchev–Trinajstić information content (AvgIpc) is 2.03. The largest absolute Gasteiger partial charge is 0.379 e. The fourth-order valence-electron chi connectivity index (χ4n) is 0.986. The Hall–Kier alpha value is -1.29. The monoisotopic (exact) mass is 180 g/mol. The first-order valence-electron chi connectivity index (χ1n) is 4.22. The Balaban J connectivity index is 2.70. The normalized spacial score (nSPS) is 11.1. The van der Waals surface area contributed by atoms with E-state index in [1.165, 1.54) is 0 Å². The van der Waals surface area contributed by atoms with Crippen molar-refractivity contribution in [3.05, 3.63) is 18.3 Å². The lowest BCUT2D eigenvalue weighted by molar-refractivity contribution is 0.633. The summed E-state index contributed by atoms with van der Waals surface area (Å²) in [5, 5.41) is 3.30. The van der Waals surface area contributed by atoms with Crippen LogP contribution in [-0.4, -0.2) is 10.5 Å². The number of hydrazine groups is 1. The lowest BCUT2D eigenvalue weighted by atomic mass is 10.1. The molecule has 0 fully saturated rings. The molecule has 0 unspecified atom stereocenters. The molecule has 0 atom stereocenters. The van der Waals surface area contributed by atoms with E-state index in [0.717, 1.165) is 5.69 Å². The number of nitrogens with two attached hydrogens (primary N) is 1. The van der Waals surface area contributed by atoms with Crippen molar-refractivity contribution in [2.45, 2.75) is 26.3 Å². The number of nitrogen functional groups attached to an aromatic ring is 1. The molecule has 4 heteroatoms. The number of pyridine rings is 1. The van der Waals surface area contributed by atoms with Crippen LogP contribution in [0.3, 0.4) is 0 Å². The van der Waals surface area contributed by atoms with Crippen LogP contribution < -0.4 is 16.6 Å². The third-order valence-corrected chi connectivity index (χ3v) is 1.43. The zero-order chi connectivity index (χ0) is 9.90. The van der Waals surface area contributed by atoms with Crippen LogP contribution >= 0.6 is 0 Å². The zero-order valence-electron chi connectivity index (χ0n) is 8.26. The highest BCUT2D eigenvalue weighted by molar-refractivity contribution is 5.47. The first kappa shape index (κ1) is 9.80. The fraction of sp³-hybridized carbons (Fsp3) is 0.444. The van der Waals surface area contributed by atoms with Gasteiger partial charge in [-0.05, 0) is 32.9 Å².